The first-order valence-corrected chi connectivity index (χ1v) is 11.1. The molecule has 0 saturated carbocycles. The molecule has 1 aliphatic heterocycles. The normalized spacial score (nSPS) is 21.5. The van der Waals surface area contributed by atoms with Crippen molar-refractivity contribution in [3.63, 3.8) is 0 Å². The van der Waals surface area contributed by atoms with Gasteiger partial charge in [-0.25, -0.2) is 0 Å². The van der Waals surface area contributed by atoms with Crippen molar-refractivity contribution in [2.24, 2.45) is 17.0 Å². The highest BCUT2D eigenvalue weighted by Gasteiger charge is 2.39. The maximum atomic E-state index is 13.4. The predicted octanol–water partition coefficient (Wildman–Crippen LogP) is 2.26. The van der Waals surface area contributed by atoms with Gasteiger partial charge in [0.05, 0.1) is 30.7 Å². The van der Waals surface area contributed by atoms with Crippen LogP contribution in [0.25, 0.3) is 0 Å². The smallest absolute Gasteiger partial charge is 0.247 e. The average Bonchev–Trinajstić information content (AvgIpc) is 2.78. The third-order valence-corrected chi connectivity index (χ3v) is 6.58. The van der Waals surface area contributed by atoms with E-state index in [-0.39, 0.29) is 42.4 Å². The lowest BCUT2D eigenvalue weighted by molar-refractivity contribution is -0.147. The Hall–Kier alpha value is -1.87. The van der Waals surface area contributed by atoms with Crippen LogP contribution in [0.4, 0.5) is 0 Å². The first kappa shape index (κ1) is 27.2. The highest BCUT2D eigenvalue weighted by atomic mass is 16.5. The summed E-state index contributed by atoms with van der Waals surface area (Å²) in [5, 5.41) is 2.71. The number of carbonyl (C=O) groups is 3. The lowest BCUT2D eigenvalue weighted by Gasteiger charge is -2.42. The van der Waals surface area contributed by atoms with E-state index in [1.165, 1.54) is 12.0 Å². The van der Waals surface area contributed by atoms with Gasteiger partial charge in [-0.3, -0.25) is 9.59 Å². The zero-order chi connectivity index (χ0) is 23.6. The number of hydrogen-bond donors (Lipinski definition) is 0. The number of rotatable bonds is 13. The first-order valence-electron chi connectivity index (χ1n) is 11.1. The van der Waals surface area contributed by atoms with Crippen LogP contribution in [0.2, 0.25) is 0 Å². The molecule has 6 atom stereocenters. The number of aldehydes is 1. The standard InChI is InChI=1S/C22H39N3O6/c1-7-15(2)21(24(4)20(28)13-23-29)18(30-5)12-19(27)25-11-9-8-10-17(25)22(31-6)16(3)14-26/h14-18,21-22H,7-13H2,1-6H3/t15-,16-,17-,18+,21-,22+/m0/s1. The predicted molar refractivity (Wildman–Crippen MR) is 117 cm³/mol. The van der Waals surface area contributed by atoms with Crippen LogP contribution in [0.1, 0.15) is 52.9 Å². The number of ether oxygens (including phenoxy) is 2. The minimum atomic E-state index is -0.532. The Balaban J connectivity index is 3.09. The second-order valence-electron chi connectivity index (χ2n) is 8.49. The SMILES string of the molecule is CC[C@H](C)[C@@H]([C@@H](CC(=O)N1CCCC[C@H]1[C@H](OC)[C@@H](C)C=O)OC)N(C)C(=O)CN=O. The summed E-state index contributed by atoms with van der Waals surface area (Å²) in [6, 6.07) is -0.548. The van der Waals surface area contributed by atoms with Crippen molar-refractivity contribution >= 4 is 18.1 Å². The number of methoxy groups -OCH3 is 2. The molecule has 2 amide bonds. The lowest BCUT2D eigenvalue weighted by Crippen LogP contribution is -2.55. The molecular formula is C22H39N3O6. The number of hydrogen-bond acceptors (Lipinski definition) is 7. The third kappa shape index (κ3) is 7.07. The molecule has 0 aromatic heterocycles. The van der Waals surface area contributed by atoms with E-state index in [0.29, 0.717) is 6.54 Å². The van der Waals surface area contributed by atoms with E-state index in [4.69, 9.17) is 9.47 Å². The van der Waals surface area contributed by atoms with Gasteiger partial charge in [0.2, 0.25) is 11.8 Å². The van der Waals surface area contributed by atoms with E-state index < -0.39 is 18.6 Å². The van der Waals surface area contributed by atoms with Crippen molar-refractivity contribution in [1.29, 1.82) is 0 Å². The summed E-state index contributed by atoms with van der Waals surface area (Å²) in [6.07, 6.45) is 3.48. The molecule has 0 radical (unpaired) electrons. The van der Waals surface area contributed by atoms with Gasteiger partial charge in [0, 0.05) is 33.7 Å². The van der Waals surface area contributed by atoms with Gasteiger partial charge in [-0.1, -0.05) is 32.4 Å². The minimum absolute atomic E-state index is 0.0531. The molecule has 31 heavy (non-hydrogen) atoms. The third-order valence-electron chi connectivity index (χ3n) is 6.58. The number of carbonyl (C=O) groups excluding carboxylic acids is 3. The van der Waals surface area contributed by atoms with Crippen molar-refractivity contribution in [2.75, 3.05) is 34.4 Å². The first-order chi connectivity index (χ1) is 14.8. The van der Waals surface area contributed by atoms with Crippen molar-refractivity contribution in [1.82, 2.24) is 9.80 Å². The van der Waals surface area contributed by atoms with E-state index >= 15 is 0 Å². The second kappa shape index (κ2) is 13.5. The lowest BCUT2D eigenvalue weighted by atomic mass is 9.88. The molecular weight excluding hydrogens is 402 g/mol. The zero-order valence-electron chi connectivity index (χ0n) is 19.8. The molecule has 0 bridgehead atoms. The molecule has 1 heterocycles. The van der Waals surface area contributed by atoms with Crippen LogP contribution in [0, 0.1) is 16.7 Å². The van der Waals surface area contributed by atoms with Gasteiger partial charge < -0.3 is 24.1 Å². The van der Waals surface area contributed by atoms with E-state index in [0.717, 1.165) is 32.0 Å². The number of nitrogens with zero attached hydrogens (tertiary/aromatic N) is 3. The fourth-order valence-electron chi connectivity index (χ4n) is 4.61. The molecule has 9 nitrogen and oxygen atoms in total. The van der Waals surface area contributed by atoms with Gasteiger partial charge in [0.25, 0.3) is 0 Å². The Labute approximate surface area is 185 Å². The fraction of sp³-hybridized carbons (Fsp3) is 0.864. The highest BCUT2D eigenvalue weighted by molar-refractivity contribution is 5.79. The fourth-order valence-corrected chi connectivity index (χ4v) is 4.61. The highest BCUT2D eigenvalue weighted by Crippen LogP contribution is 2.28. The molecule has 1 saturated heterocycles. The summed E-state index contributed by atoms with van der Waals surface area (Å²) in [6.45, 7) is 5.96. The summed E-state index contributed by atoms with van der Waals surface area (Å²) < 4.78 is 11.3. The quantitative estimate of drug-likeness (QED) is 0.321. The van der Waals surface area contributed by atoms with Crippen molar-refractivity contribution in [2.45, 2.75) is 77.2 Å². The number of likely N-dealkylation sites (tertiary alicyclic amines) is 1. The largest absolute Gasteiger partial charge is 0.379 e. The molecule has 1 rings (SSSR count). The molecule has 1 aliphatic rings. The molecule has 0 spiro atoms. The summed E-state index contributed by atoms with van der Waals surface area (Å²) >= 11 is 0. The Bertz CT molecular complexity index is 602. The van der Waals surface area contributed by atoms with Gasteiger partial charge in [-0.15, -0.1) is 0 Å². The minimum Gasteiger partial charge on any atom is -0.379 e. The summed E-state index contributed by atoms with van der Waals surface area (Å²) in [7, 11) is 4.72. The molecule has 0 unspecified atom stereocenters. The van der Waals surface area contributed by atoms with Crippen LogP contribution in [0.5, 0.6) is 0 Å². The number of piperidine rings is 1. The zero-order valence-corrected chi connectivity index (χ0v) is 19.8. The molecule has 0 aromatic carbocycles. The van der Waals surface area contributed by atoms with Crippen molar-refractivity contribution in [3.8, 4) is 0 Å². The molecule has 9 heteroatoms. The van der Waals surface area contributed by atoms with Crippen LogP contribution in [0.3, 0.4) is 0 Å². The van der Waals surface area contributed by atoms with Gasteiger partial charge >= 0.3 is 0 Å². The van der Waals surface area contributed by atoms with E-state index in [1.54, 1.807) is 21.1 Å². The molecule has 0 aliphatic carbocycles. The second-order valence-corrected chi connectivity index (χ2v) is 8.49. The van der Waals surface area contributed by atoms with Crippen molar-refractivity contribution < 1.29 is 23.9 Å². The van der Waals surface area contributed by atoms with E-state index in [2.05, 4.69) is 5.18 Å². The summed E-state index contributed by atoms with van der Waals surface area (Å²) in [4.78, 5) is 51.0. The van der Waals surface area contributed by atoms with E-state index in [1.807, 2.05) is 18.7 Å². The molecule has 1 fully saturated rings. The molecule has 0 aromatic rings. The summed E-state index contributed by atoms with van der Waals surface area (Å²) in [5.74, 6) is -0.754. The van der Waals surface area contributed by atoms with Crippen LogP contribution < -0.4 is 0 Å². The Morgan fingerprint density at radius 3 is 2.42 bits per heavy atom. The van der Waals surface area contributed by atoms with Crippen LogP contribution in [-0.4, -0.2) is 86.5 Å². The van der Waals surface area contributed by atoms with Crippen molar-refractivity contribution in [3.05, 3.63) is 4.91 Å². The molecule has 178 valence electrons. The topological polar surface area (TPSA) is 106 Å². The van der Waals surface area contributed by atoms with Crippen LogP contribution >= 0.6 is 0 Å². The Morgan fingerprint density at radius 1 is 1.23 bits per heavy atom. The van der Waals surface area contributed by atoms with Gasteiger partial charge in [0.15, 0.2) is 6.54 Å². The Morgan fingerprint density at radius 2 is 1.90 bits per heavy atom. The van der Waals surface area contributed by atoms with E-state index in [9.17, 15) is 19.3 Å². The van der Waals surface area contributed by atoms with Crippen LogP contribution in [-0.2, 0) is 23.9 Å². The Kier molecular flexibility index (Phi) is 11.8. The van der Waals surface area contributed by atoms with Gasteiger partial charge in [-0.2, -0.15) is 4.91 Å². The van der Waals surface area contributed by atoms with Gasteiger partial charge in [-0.05, 0) is 25.2 Å². The average molecular weight is 442 g/mol. The van der Waals surface area contributed by atoms with Crippen LogP contribution in [0.15, 0.2) is 5.18 Å². The maximum Gasteiger partial charge on any atom is 0.247 e. The number of amides is 2. The van der Waals surface area contributed by atoms with Gasteiger partial charge in [0.1, 0.15) is 6.29 Å². The monoisotopic (exact) mass is 441 g/mol. The number of nitroso groups, excluding NO2 is 1. The summed E-state index contributed by atoms with van der Waals surface area (Å²) in [5.41, 5.74) is 0. The maximum absolute atomic E-state index is 13.4. The number of likely N-dealkylation sites (N-methyl/N-ethyl adjacent to an activating group) is 1. The molecule has 0 N–H and O–H groups in total.